The molecular formula is C51H44Br3N6+. The van der Waals surface area contributed by atoms with Crippen LogP contribution in [0.1, 0.15) is 19.3 Å². The van der Waals surface area contributed by atoms with Crippen LogP contribution in [0.4, 0.5) is 11.6 Å². The zero-order valence-electron chi connectivity index (χ0n) is 33.1. The van der Waals surface area contributed by atoms with E-state index >= 15 is 0 Å². The maximum absolute atomic E-state index is 2.84. The monoisotopic (exact) mass is 977 g/mol. The summed E-state index contributed by atoms with van der Waals surface area (Å²) < 4.78 is 10.6. The molecule has 13 rings (SSSR count). The summed E-state index contributed by atoms with van der Waals surface area (Å²) in [5, 5.41) is 12.2. The summed E-state index contributed by atoms with van der Waals surface area (Å²) in [7, 11) is 0. The van der Waals surface area contributed by atoms with Gasteiger partial charge in [0.15, 0.2) is 6.04 Å². The molecule has 0 saturated heterocycles. The van der Waals surface area contributed by atoms with Gasteiger partial charge in [0.2, 0.25) is 18.3 Å². The van der Waals surface area contributed by atoms with Crippen molar-refractivity contribution >= 4 is 76.7 Å². The molecule has 4 aliphatic rings. The van der Waals surface area contributed by atoms with Gasteiger partial charge in [-0.1, -0.05) is 103 Å². The first-order valence-corrected chi connectivity index (χ1v) is 20.9. The molecule has 60 heavy (non-hydrogen) atoms. The topological polar surface area (TPSA) is 23.2 Å². The second-order valence-electron chi connectivity index (χ2n) is 16.7. The molecule has 0 spiro atoms. The summed E-state index contributed by atoms with van der Waals surface area (Å²) in [6, 6.07) is 55.6. The Kier molecular flexibility index (Phi) is 9.92. The predicted molar refractivity (Wildman–Crippen MR) is 230 cm³/mol. The van der Waals surface area contributed by atoms with Gasteiger partial charge in [0, 0.05) is 39.4 Å². The number of benzene rings is 6. The average molecular weight is 981 g/mol. The van der Waals surface area contributed by atoms with Crippen LogP contribution in [-0.4, -0.2) is 37.8 Å². The first-order valence-electron chi connectivity index (χ1n) is 20.9. The molecule has 9 heteroatoms. The number of aromatic nitrogens is 3. The van der Waals surface area contributed by atoms with Gasteiger partial charge in [-0.2, -0.15) is 4.58 Å². The minimum absolute atomic E-state index is 0. The van der Waals surface area contributed by atoms with E-state index in [0.717, 1.165) is 52.0 Å². The van der Waals surface area contributed by atoms with Gasteiger partial charge >= 0.3 is 5.49 Å². The third-order valence-corrected chi connectivity index (χ3v) is 14.0. The molecule has 3 atom stereocenters. The van der Waals surface area contributed by atoms with Gasteiger partial charge in [0.05, 0.1) is 29.0 Å². The quantitative estimate of drug-likeness (QED) is 0.157. The van der Waals surface area contributed by atoms with Gasteiger partial charge in [-0.15, -0.1) is 4.24 Å². The molecule has 0 radical (unpaired) electrons. The summed E-state index contributed by atoms with van der Waals surface area (Å²) in [5.41, 5.74) is 5.34. The molecule has 1 fully saturated rings. The van der Waals surface area contributed by atoms with Crippen molar-refractivity contribution in [2.45, 2.75) is 50.5 Å². The Hall–Kier alpha value is -4.96. The summed E-state index contributed by atoms with van der Waals surface area (Å²) in [6.45, 7) is 5.01. The number of rotatable bonds is 3. The van der Waals surface area contributed by atoms with Crippen LogP contribution < -0.4 is 84.2 Å². The second-order valence-corrected chi connectivity index (χ2v) is 16.7. The maximum atomic E-state index is 2.84. The van der Waals surface area contributed by atoms with E-state index in [1.165, 1.54) is 82.1 Å². The third kappa shape index (κ3) is 5.61. The molecule has 0 amide bonds. The lowest BCUT2D eigenvalue weighted by molar-refractivity contribution is -0.643. The predicted octanol–water partition coefficient (Wildman–Crippen LogP) is -1.68. The molecule has 298 valence electrons. The van der Waals surface area contributed by atoms with Crippen LogP contribution in [0.5, 0.6) is 0 Å². The van der Waals surface area contributed by atoms with Crippen LogP contribution in [0.3, 0.4) is 0 Å². The molecule has 0 N–H and O–H groups in total. The molecule has 1 aliphatic carbocycles. The number of fused-ring (bicyclic) bond motifs is 18. The van der Waals surface area contributed by atoms with E-state index in [2.05, 4.69) is 180 Å². The van der Waals surface area contributed by atoms with Gasteiger partial charge in [-0.05, 0) is 36.4 Å². The molecule has 0 bridgehead atoms. The van der Waals surface area contributed by atoms with Crippen molar-refractivity contribution in [3.05, 3.63) is 157 Å². The zero-order chi connectivity index (χ0) is 37.2. The first kappa shape index (κ1) is 39.2. The average Bonchev–Trinajstić information content (AvgIpc) is 4.05. The Bertz CT molecular complexity index is 3190. The van der Waals surface area contributed by atoms with Crippen LogP contribution in [0, 0.1) is 6.21 Å². The molecule has 9 aromatic rings. The van der Waals surface area contributed by atoms with Crippen molar-refractivity contribution in [2.75, 3.05) is 29.4 Å². The number of pyridine rings is 3. The molecule has 1 unspecified atom stereocenters. The second kappa shape index (κ2) is 15.2. The Morgan fingerprint density at radius 1 is 0.400 bits per heavy atom. The zero-order valence-corrected chi connectivity index (χ0v) is 37.9. The summed E-state index contributed by atoms with van der Waals surface area (Å²) in [4.78, 5) is 5.67. The molecule has 6 aromatic carbocycles. The molecule has 6 nitrogen and oxygen atoms in total. The Morgan fingerprint density at radius 2 is 0.783 bits per heavy atom. The fourth-order valence-corrected chi connectivity index (χ4v) is 11.7. The number of hydrogen-bond donors (Lipinski definition) is 0. The van der Waals surface area contributed by atoms with E-state index in [0.29, 0.717) is 18.1 Å². The van der Waals surface area contributed by atoms with Crippen molar-refractivity contribution in [3.8, 4) is 0 Å². The van der Waals surface area contributed by atoms with Crippen LogP contribution in [-0.2, 0) is 13.1 Å². The Morgan fingerprint density at radius 3 is 1.28 bits per heavy atom. The van der Waals surface area contributed by atoms with Crippen molar-refractivity contribution in [1.82, 2.24) is 4.58 Å². The van der Waals surface area contributed by atoms with Crippen LogP contribution >= 0.6 is 0 Å². The first-order chi connectivity index (χ1) is 28.3. The van der Waals surface area contributed by atoms with Crippen LogP contribution in [0.2, 0.25) is 0 Å². The van der Waals surface area contributed by atoms with E-state index in [-0.39, 0.29) is 50.9 Å². The van der Waals surface area contributed by atoms with Crippen molar-refractivity contribution in [2.24, 2.45) is 0 Å². The van der Waals surface area contributed by atoms with E-state index in [9.17, 15) is 0 Å². The van der Waals surface area contributed by atoms with Gasteiger partial charge in [0.1, 0.15) is 54.7 Å². The third-order valence-electron chi connectivity index (χ3n) is 14.0. The lowest BCUT2D eigenvalue weighted by atomic mass is 9.84. The summed E-state index contributed by atoms with van der Waals surface area (Å²) >= 11 is 0. The van der Waals surface area contributed by atoms with Gasteiger partial charge < -0.3 is 50.9 Å². The van der Waals surface area contributed by atoms with Crippen LogP contribution in [0.15, 0.2) is 146 Å². The number of hydrogen-bond acceptors (Lipinski definition) is 2. The molecule has 1 saturated carbocycles. The Labute approximate surface area is 380 Å². The number of halogens is 3. The van der Waals surface area contributed by atoms with Crippen molar-refractivity contribution < 1.29 is 64.3 Å². The highest BCUT2D eigenvalue weighted by atomic mass is 79.9. The van der Waals surface area contributed by atoms with E-state index in [4.69, 9.17) is 0 Å². The van der Waals surface area contributed by atoms with E-state index in [1.54, 1.807) is 0 Å². The minimum atomic E-state index is 0. The largest absolute Gasteiger partial charge is 1.00 e. The summed E-state index contributed by atoms with van der Waals surface area (Å²) in [5.74, 6) is 2.81. The fourth-order valence-electron chi connectivity index (χ4n) is 11.7. The number of para-hydroxylation sites is 3. The normalized spacial score (nSPS) is 19.3. The Balaban J connectivity index is 0.00000144. The van der Waals surface area contributed by atoms with E-state index < -0.39 is 0 Å². The lowest BCUT2D eigenvalue weighted by Crippen LogP contribution is -3.00. The van der Waals surface area contributed by atoms with Crippen LogP contribution in [0.25, 0.3) is 65.0 Å². The molecule has 3 aromatic heterocycles. The van der Waals surface area contributed by atoms with Gasteiger partial charge in [-0.3, -0.25) is 9.80 Å². The maximum Gasteiger partial charge on any atom is 0.452 e. The number of anilines is 2. The number of nitrogens with zero attached hydrogens (tertiary/aromatic N) is 6. The van der Waals surface area contributed by atoms with Crippen molar-refractivity contribution in [1.29, 1.82) is 0 Å². The van der Waals surface area contributed by atoms with Crippen molar-refractivity contribution in [3.63, 3.8) is 0 Å². The highest BCUT2D eigenvalue weighted by molar-refractivity contribution is 6.09. The van der Waals surface area contributed by atoms with Gasteiger partial charge in [0.25, 0.3) is 11.6 Å². The molecular weight excluding hydrogens is 936 g/mol. The van der Waals surface area contributed by atoms with Gasteiger partial charge in [-0.25, -0.2) is 9.13 Å². The summed E-state index contributed by atoms with van der Waals surface area (Å²) in [6.07, 6.45) is 5.83. The molecule has 6 heterocycles. The highest BCUT2D eigenvalue weighted by Gasteiger charge is 2.51. The standard InChI is InChI=1S/C51H44N6.3BrH/c1-4-19-43-37(13-1)40-16-7-10-22-46(40)55-28-25-52(49(43)55)34-31-35(53-26-29-56-47-23-11-8-17-41(47)38-14-2-5-20-44(38)50(53)56)33-36(32-34)54-27-30-57-48-24-12-9-18-42(48)39-15-3-6-21-45(39)51(54)57;;;/h1-24,28,34-36H,25-27,29-33H2;3*1H/q+4;;;/p-3/t34?,35-,36+;;;. The SMILES string of the molecule is C1=[n+]2c(c3ccccc3c3ccccc32)=[N+](C2C[C@@H](N3CC[n+]4c3c3ccccc3c3ccccc34)C[C@@H](N3CC[n+]4c3c3ccccc3c3ccccc34)C2)C1.[Br-].[Br-].[Br-]. The molecule has 3 aliphatic heterocycles. The smallest absolute Gasteiger partial charge is 0.452 e. The van der Waals surface area contributed by atoms with E-state index in [1.807, 2.05) is 0 Å². The lowest BCUT2D eigenvalue weighted by Gasteiger charge is -2.36. The minimum Gasteiger partial charge on any atom is -1.00 e. The highest BCUT2D eigenvalue weighted by Crippen LogP contribution is 2.40. The fraction of sp³-hybridized carbons (Fsp3) is 0.216.